The number of hydrogen-bond donors (Lipinski definition) is 2. The molecular weight excluding hydrogens is 230 g/mol. The summed E-state index contributed by atoms with van der Waals surface area (Å²) in [6.07, 6.45) is 0.0449. The largest absolute Gasteiger partial charge is 0.497 e. The van der Waals surface area contributed by atoms with E-state index in [1.165, 1.54) is 0 Å². The molecule has 1 aromatic carbocycles. The Balaban J connectivity index is 2.41. The van der Waals surface area contributed by atoms with Gasteiger partial charge in [-0.2, -0.15) is 0 Å². The normalized spacial score (nSPS) is 12.8. The minimum Gasteiger partial charge on any atom is -0.497 e. The topological polar surface area (TPSA) is 54.9 Å². The van der Waals surface area contributed by atoms with Crippen LogP contribution in [0.15, 0.2) is 29.3 Å². The lowest BCUT2D eigenvalue weighted by Gasteiger charge is -2.16. The molecule has 0 aliphatic rings. The van der Waals surface area contributed by atoms with Crippen LogP contribution in [0.25, 0.3) is 0 Å². The predicted molar refractivity (Wildman–Crippen MR) is 73.5 cm³/mol. The van der Waals surface area contributed by atoms with Crippen LogP contribution >= 0.6 is 0 Å². The van der Waals surface area contributed by atoms with Gasteiger partial charge in [0.15, 0.2) is 5.96 Å². The molecule has 0 saturated carbocycles. The van der Waals surface area contributed by atoms with Crippen molar-refractivity contribution in [2.45, 2.75) is 13.0 Å². The lowest BCUT2D eigenvalue weighted by Crippen LogP contribution is -2.40. The monoisotopic (exact) mass is 251 g/mol. The van der Waals surface area contributed by atoms with Crippen LogP contribution in [0.1, 0.15) is 6.92 Å². The fourth-order valence-electron chi connectivity index (χ4n) is 1.45. The van der Waals surface area contributed by atoms with E-state index in [-0.39, 0.29) is 6.10 Å². The molecule has 0 fully saturated rings. The Morgan fingerprint density at radius 3 is 2.39 bits per heavy atom. The molecule has 0 bridgehead atoms. The third kappa shape index (κ3) is 4.53. The summed E-state index contributed by atoms with van der Waals surface area (Å²) in [6, 6.07) is 7.54. The van der Waals surface area contributed by atoms with Crippen LogP contribution in [0.2, 0.25) is 0 Å². The number of aliphatic imine (C=N–C) groups is 1. The second kappa shape index (κ2) is 7.42. The number of rotatable bonds is 5. The molecule has 0 aliphatic heterocycles. The lowest BCUT2D eigenvalue weighted by molar-refractivity contribution is 0.223. The molecule has 0 heterocycles. The molecule has 0 aromatic heterocycles. The maximum atomic E-state index is 5.75. The van der Waals surface area contributed by atoms with E-state index in [2.05, 4.69) is 15.6 Å². The first-order valence-corrected chi connectivity index (χ1v) is 5.88. The van der Waals surface area contributed by atoms with E-state index in [0.29, 0.717) is 6.54 Å². The van der Waals surface area contributed by atoms with Gasteiger partial charge in [-0.15, -0.1) is 0 Å². The van der Waals surface area contributed by atoms with Crippen molar-refractivity contribution in [1.82, 2.24) is 10.6 Å². The minimum atomic E-state index is 0.0449. The molecule has 2 N–H and O–H groups in total. The summed E-state index contributed by atoms with van der Waals surface area (Å²) < 4.78 is 10.8. The Labute approximate surface area is 108 Å². The van der Waals surface area contributed by atoms with Crippen LogP contribution in [0.4, 0.5) is 0 Å². The van der Waals surface area contributed by atoms with Gasteiger partial charge < -0.3 is 20.1 Å². The zero-order valence-electron chi connectivity index (χ0n) is 11.4. The standard InChI is InChI=1S/C13H21N3O2/c1-10(9-16-13(14-2)15-3)18-12-7-5-11(17-4)6-8-12/h5-8,10H,9H2,1-4H3,(H2,14,15,16). The van der Waals surface area contributed by atoms with Crippen molar-refractivity contribution in [2.24, 2.45) is 4.99 Å². The van der Waals surface area contributed by atoms with Gasteiger partial charge in [-0.3, -0.25) is 4.99 Å². The van der Waals surface area contributed by atoms with Crippen molar-refractivity contribution < 1.29 is 9.47 Å². The number of benzene rings is 1. The molecule has 1 unspecified atom stereocenters. The van der Waals surface area contributed by atoms with Crippen LogP contribution in [-0.4, -0.2) is 39.8 Å². The fourth-order valence-corrected chi connectivity index (χ4v) is 1.45. The molecule has 5 heteroatoms. The third-order valence-electron chi connectivity index (χ3n) is 2.41. The highest BCUT2D eigenvalue weighted by atomic mass is 16.5. The number of nitrogens with one attached hydrogen (secondary N) is 2. The average Bonchev–Trinajstić information content (AvgIpc) is 2.41. The Bertz CT molecular complexity index is 376. The summed E-state index contributed by atoms with van der Waals surface area (Å²) >= 11 is 0. The second-order valence-electron chi connectivity index (χ2n) is 3.81. The Hall–Kier alpha value is -1.91. The summed E-state index contributed by atoms with van der Waals surface area (Å²) in [5.41, 5.74) is 0. The van der Waals surface area contributed by atoms with E-state index in [1.54, 1.807) is 14.2 Å². The van der Waals surface area contributed by atoms with Gasteiger partial charge >= 0.3 is 0 Å². The first-order chi connectivity index (χ1) is 8.69. The van der Waals surface area contributed by atoms with Crippen molar-refractivity contribution in [1.29, 1.82) is 0 Å². The molecule has 0 amide bonds. The molecule has 0 spiro atoms. The Morgan fingerprint density at radius 2 is 1.89 bits per heavy atom. The van der Waals surface area contributed by atoms with E-state index in [4.69, 9.17) is 9.47 Å². The molecular formula is C13H21N3O2. The first-order valence-electron chi connectivity index (χ1n) is 5.88. The highest BCUT2D eigenvalue weighted by Crippen LogP contribution is 2.17. The molecule has 1 aromatic rings. The number of hydrogen-bond acceptors (Lipinski definition) is 3. The zero-order chi connectivity index (χ0) is 13.4. The van der Waals surface area contributed by atoms with Crippen molar-refractivity contribution in [2.75, 3.05) is 27.7 Å². The van der Waals surface area contributed by atoms with Gasteiger partial charge in [0.1, 0.15) is 17.6 Å². The van der Waals surface area contributed by atoms with Gasteiger partial charge in [-0.05, 0) is 31.2 Å². The Kier molecular flexibility index (Phi) is 5.84. The molecule has 0 saturated heterocycles. The minimum absolute atomic E-state index is 0.0449. The maximum Gasteiger partial charge on any atom is 0.190 e. The van der Waals surface area contributed by atoms with Crippen LogP contribution in [0.3, 0.4) is 0 Å². The van der Waals surface area contributed by atoms with Crippen LogP contribution in [0.5, 0.6) is 11.5 Å². The van der Waals surface area contributed by atoms with Crippen molar-refractivity contribution >= 4 is 5.96 Å². The van der Waals surface area contributed by atoms with E-state index in [9.17, 15) is 0 Å². The summed E-state index contributed by atoms with van der Waals surface area (Å²) in [4.78, 5) is 4.03. The van der Waals surface area contributed by atoms with E-state index in [0.717, 1.165) is 17.5 Å². The van der Waals surface area contributed by atoms with Gasteiger partial charge in [0, 0.05) is 14.1 Å². The molecule has 0 aliphatic carbocycles. The maximum absolute atomic E-state index is 5.75. The number of ether oxygens (including phenoxy) is 2. The zero-order valence-corrected chi connectivity index (χ0v) is 11.4. The van der Waals surface area contributed by atoms with Crippen LogP contribution in [-0.2, 0) is 0 Å². The summed E-state index contributed by atoms with van der Waals surface area (Å²) in [5, 5.41) is 6.10. The van der Waals surface area contributed by atoms with E-state index in [1.807, 2.05) is 38.2 Å². The first kappa shape index (κ1) is 14.2. The quantitative estimate of drug-likeness (QED) is 0.611. The van der Waals surface area contributed by atoms with Gasteiger partial charge in [-0.25, -0.2) is 0 Å². The van der Waals surface area contributed by atoms with Crippen molar-refractivity contribution in [3.8, 4) is 11.5 Å². The molecule has 18 heavy (non-hydrogen) atoms. The van der Waals surface area contributed by atoms with Crippen molar-refractivity contribution in [3.63, 3.8) is 0 Å². The molecule has 1 rings (SSSR count). The summed E-state index contributed by atoms with van der Waals surface area (Å²) in [7, 11) is 5.20. The summed E-state index contributed by atoms with van der Waals surface area (Å²) in [6.45, 7) is 2.68. The molecule has 0 radical (unpaired) electrons. The average molecular weight is 251 g/mol. The number of methoxy groups -OCH3 is 1. The number of guanidine groups is 1. The van der Waals surface area contributed by atoms with Gasteiger partial charge in [0.25, 0.3) is 0 Å². The van der Waals surface area contributed by atoms with Crippen molar-refractivity contribution in [3.05, 3.63) is 24.3 Å². The third-order valence-corrected chi connectivity index (χ3v) is 2.41. The highest BCUT2D eigenvalue weighted by molar-refractivity contribution is 5.79. The van der Waals surface area contributed by atoms with Crippen LogP contribution < -0.4 is 20.1 Å². The predicted octanol–water partition coefficient (Wildman–Crippen LogP) is 1.26. The second-order valence-corrected chi connectivity index (χ2v) is 3.81. The smallest absolute Gasteiger partial charge is 0.190 e. The Morgan fingerprint density at radius 1 is 1.28 bits per heavy atom. The lowest BCUT2D eigenvalue weighted by atomic mass is 10.3. The van der Waals surface area contributed by atoms with Gasteiger partial charge in [0.05, 0.1) is 13.7 Å². The molecule has 1 atom stereocenters. The van der Waals surface area contributed by atoms with Crippen LogP contribution in [0, 0.1) is 0 Å². The SMILES string of the molecule is CN=C(NC)NCC(C)Oc1ccc(OC)cc1. The van der Waals surface area contributed by atoms with Gasteiger partial charge in [0.2, 0.25) is 0 Å². The fraction of sp³-hybridized carbons (Fsp3) is 0.462. The molecule has 100 valence electrons. The van der Waals surface area contributed by atoms with Gasteiger partial charge in [-0.1, -0.05) is 0 Å². The van der Waals surface area contributed by atoms with E-state index >= 15 is 0 Å². The molecule has 5 nitrogen and oxygen atoms in total. The van der Waals surface area contributed by atoms with E-state index < -0.39 is 0 Å². The number of nitrogens with zero attached hydrogens (tertiary/aromatic N) is 1. The highest BCUT2D eigenvalue weighted by Gasteiger charge is 2.05. The summed E-state index contributed by atoms with van der Waals surface area (Å²) in [5.74, 6) is 2.40.